The molecule has 0 amide bonds. The second kappa shape index (κ2) is 13.4. The molecule has 0 saturated heterocycles. The van der Waals surface area contributed by atoms with Crippen LogP contribution < -0.4 is 0 Å². The molecular weight excluding hydrogens is 244 g/mol. The maximum Gasteiger partial charge on any atom is 0.317 e. The molecule has 0 aromatic rings. The molecule has 0 spiro atoms. The molecule has 4 nitrogen and oxygen atoms in total. The van der Waals surface area contributed by atoms with Crippen LogP contribution in [0.25, 0.3) is 0 Å². The summed E-state index contributed by atoms with van der Waals surface area (Å²) in [4.78, 5) is 22.2. The van der Waals surface area contributed by atoms with Crippen LogP contribution in [0.5, 0.6) is 0 Å². The number of esters is 2. The molecule has 0 unspecified atom stereocenters. The average molecular weight is 272 g/mol. The topological polar surface area (TPSA) is 52.6 Å². The summed E-state index contributed by atoms with van der Waals surface area (Å²) >= 11 is 0. The number of hydrogen-bond donors (Lipinski definition) is 0. The predicted molar refractivity (Wildman–Crippen MR) is 74.8 cm³/mol. The second-order valence-electron chi connectivity index (χ2n) is 4.68. The normalized spacial score (nSPS) is 10.2. The number of carbonyl (C=O) groups is 2. The predicted octanol–water partition coefficient (Wildman–Crippen LogP) is 3.62. The molecule has 0 heterocycles. The third-order valence-electron chi connectivity index (χ3n) is 2.85. The Morgan fingerprint density at radius 1 is 0.737 bits per heavy atom. The first-order chi connectivity index (χ1) is 9.20. The number of carbonyl (C=O) groups excluding carboxylic acids is 2. The molecule has 0 radical (unpaired) electrons. The lowest BCUT2D eigenvalue weighted by Crippen LogP contribution is -2.14. The molecular formula is C15H28O4. The van der Waals surface area contributed by atoms with E-state index >= 15 is 0 Å². The van der Waals surface area contributed by atoms with Crippen molar-refractivity contribution in [2.75, 3.05) is 13.2 Å². The number of ether oxygens (including phenoxy) is 2. The molecule has 0 fully saturated rings. The van der Waals surface area contributed by atoms with Crippen molar-refractivity contribution < 1.29 is 19.1 Å². The van der Waals surface area contributed by atoms with Crippen LogP contribution >= 0.6 is 0 Å². The van der Waals surface area contributed by atoms with Gasteiger partial charge in [0.15, 0.2) is 0 Å². The average Bonchev–Trinajstić information content (AvgIpc) is 2.37. The van der Waals surface area contributed by atoms with Crippen LogP contribution in [-0.4, -0.2) is 25.2 Å². The van der Waals surface area contributed by atoms with Crippen molar-refractivity contribution in [1.82, 2.24) is 0 Å². The van der Waals surface area contributed by atoms with Crippen molar-refractivity contribution in [3.05, 3.63) is 0 Å². The van der Waals surface area contributed by atoms with Crippen molar-refractivity contribution >= 4 is 11.9 Å². The van der Waals surface area contributed by atoms with Gasteiger partial charge in [-0.1, -0.05) is 51.9 Å². The molecule has 112 valence electrons. The van der Waals surface area contributed by atoms with E-state index in [1.165, 1.54) is 38.5 Å². The zero-order valence-electron chi connectivity index (χ0n) is 12.4. The minimum absolute atomic E-state index is 0.273. The maximum absolute atomic E-state index is 11.2. The fraction of sp³-hybridized carbons (Fsp3) is 0.867. The van der Waals surface area contributed by atoms with Crippen molar-refractivity contribution in [3.8, 4) is 0 Å². The minimum Gasteiger partial charge on any atom is -0.466 e. The van der Waals surface area contributed by atoms with Gasteiger partial charge in [0, 0.05) is 0 Å². The van der Waals surface area contributed by atoms with E-state index in [9.17, 15) is 9.59 Å². The Morgan fingerprint density at radius 2 is 1.26 bits per heavy atom. The highest BCUT2D eigenvalue weighted by Gasteiger charge is 2.10. The third-order valence-corrected chi connectivity index (χ3v) is 2.85. The number of unbranched alkanes of at least 4 members (excludes halogenated alkanes) is 7. The van der Waals surface area contributed by atoms with Crippen LogP contribution in [0.3, 0.4) is 0 Å². The number of rotatable bonds is 12. The van der Waals surface area contributed by atoms with E-state index in [-0.39, 0.29) is 6.42 Å². The molecule has 0 N–H and O–H groups in total. The Labute approximate surface area is 116 Å². The van der Waals surface area contributed by atoms with Crippen LogP contribution in [0.15, 0.2) is 0 Å². The van der Waals surface area contributed by atoms with Gasteiger partial charge in [-0.15, -0.1) is 0 Å². The Hall–Kier alpha value is -1.06. The first-order valence-corrected chi connectivity index (χ1v) is 7.52. The molecule has 19 heavy (non-hydrogen) atoms. The molecule has 4 heteroatoms. The van der Waals surface area contributed by atoms with Gasteiger partial charge in [-0.2, -0.15) is 0 Å². The lowest BCUT2D eigenvalue weighted by Gasteiger charge is -2.05. The summed E-state index contributed by atoms with van der Waals surface area (Å²) in [7, 11) is 0. The monoisotopic (exact) mass is 272 g/mol. The van der Waals surface area contributed by atoms with E-state index in [4.69, 9.17) is 4.74 Å². The lowest BCUT2D eigenvalue weighted by molar-refractivity contribution is -0.154. The van der Waals surface area contributed by atoms with Gasteiger partial charge in [-0.05, 0) is 13.3 Å². The minimum atomic E-state index is -0.511. The van der Waals surface area contributed by atoms with Crippen molar-refractivity contribution in [2.24, 2.45) is 0 Å². The summed E-state index contributed by atoms with van der Waals surface area (Å²) in [6.07, 6.45) is 9.37. The smallest absolute Gasteiger partial charge is 0.317 e. The molecule has 0 rings (SSSR count). The lowest BCUT2D eigenvalue weighted by atomic mass is 10.1. The Bertz CT molecular complexity index is 238. The summed E-state index contributed by atoms with van der Waals surface area (Å²) < 4.78 is 9.63. The van der Waals surface area contributed by atoms with Gasteiger partial charge in [0.1, 0.15) is 6.42 Å². The van der Waals surface area contributed by atoms with E-state index in [0.29, 0.717) is 13.2 Å². The second-order valence-corrected chi connectivity index (χ2v) is 4.68. The largest absolute Gasteiger partial charge is 0.466 e. The highest BCUT2D eigenvalue weighted by molar-refractivity contribution is 5.91. The highest BCUT2D eigenvalue weighted by atomic mass is 16.6. The molecule has 0 aliphatic rings. The van der Waals surface area contributed by atoms with Gasteiger partial charge in [-0.3, -0.25) is 9.59 Å². The number of hydrogen-bond acceptors (Lipinski definition) is 4. The van der Waals surface area contributed by atoms with Crippen LogP contribution in [-0.2, 0) is 19.1 Å². The van der Waals surface area contributed by atoms with Crippen LogP contribution in [0.4, 0.5) is 0 Å². The standard InChI is InChI=1S/C15H28O4/c1-3-5-6-7-8-9-10-11-12-19-15(17)13-14(16)18-4-2/h3-13H2,1-2H3. The SMILES string of the molecule is CCCCCCCCCCOC(=O)CC(=O)OCC. The van der Waals surface area contributed by atoms with Crippen LogP contribution in [0, 0.1) is 0 Å². The molecule has 0 bridgehead atoms. The Morgan fingerprint density at radius 3 is 1.84 bits per heavy atom. The van der Waals surface area contributed by atoms with Crippen molar-refractivity contribution in [2.45, 2.75) is 71.6 Å². The van der Waals surface area contributed by atoms with Crippen molar-refractivity contribution in [3.63, 3.8) is 0 Å². The maximum atomic E-state index is 11.2. The van der Waals surface area contributed by atoms with Gasteiger partial charge < -0.3 is 9.47 Å². The van der Waals surface area contributed by atoms with Gasteiger partial charge in [-0.25, -0.2) is 0 Å². The first kappa shape index (κ1) is 17.9. The third kappa shape index (κ3) is 13.2. The summed E-state index contributed by atoms with van der Waals surface area (Å²) in [6, 6.07) is 0. The van der Waals surface area contributed by atoms with E-state index in [2.05, 4.69) is 11.7 Å². The molecule has 0 aromatic heterocycles. The Kier molecular flexibility index (Phi) is 12.6. The molecule has 0 aliphatic carbocycles. The van der Waals surface area contributed by atoms with E-state index in [1.54, 1.807) is 6.92 Å². The summed E-state index contributed by atoms with van der Waals surface area (Å²) in [6.45, 7) is 4.63. The van der Waals surface area contributed by atoms with Gasteiger partial charge >= 0.3 is 11.9 Å². The summed E-state index contributed by atoms with van der Waals surface area (Å²) in [5, 5.41) is 0. The van der Waals surface area contributed by atoms with E-state index < -0.39 is 11.9 Å². The molecule has 0 atom stereocenters. The molecule has 0 aromatic carbocycles. The van der Waals surface area contributed by atoms with E-state index in [1.807, 2.05) is 0 Å². The van der Waals surface area contributed by atoms with Gasteiger partial charge in [0.05, 0.1) is 13.2 Å². The van der Waals surface area contributed by atoms with Crippen molar-refractivity contribution in [1.29, 1.82) is 0 Å². The zero-order valence-corrected chi connectivity index (χ0v) is 12.4. The first-order valence-electron chi connectivity index (χ1n) is 7.52. The quantitative estimate of drug-likeness (QED) is 0.309. The Balaban J connectivity index is 3.25. The fourth-order valence-electron chi connectivity index (χ4n) is 1.80. The summed E-state index contributed by atoms with van der Waals surface area (Å²) in [5.41, 5.74) is 0. The van der Waals surface area contributed by atoms with Crippen LogP contribution in [0.2, 0.25) is 0 Å². The van der Waals surface area contributed by atoms with Gasteiger partial charge in [0.2, 0.25) is 0 Å². The van der Waals surface area contributed by atoms with Gasteiger partial charge in [0.25, 0.3) is 0 Å². The molecule has 0 aliphatic heterocycles. The highest BCUT2D eigenvalue weighted by Crippen LogP contribution is 2.08. The van der Waals surface area contributed by atoms with Crippen LogP contribution in [0.1, 0.15) is 71.6 Å². The van der Waals surface area contributed by atoms with E-state index in [0.717, 1.165) is 12.8 Å². The summed E-state index contributed by atoms with van der Waals surface area (Å²) in [5.74, 6) is -0.996. The zero-order chi connectivity index (χ0) is 14.3. The fourth-order valence-corrected chi connectivity index (χ4v) is 1.80. The molecule has 0 saturated carbocycles.